The van der Waals surface area contributed by atoms with Gasteiger partial charge in [0.05, 0.1) is 5.69 Å². The van der Waals surface area contributed by atoms with Crippen molar-refractivity contribution in [3.8, 4) is 11.3 Å². The summed E-state index contributed by atoms with van der Waals surface area (Å²) in [6.07, 6.45) is 3.49. The van der Waals surface area contributed by atoms with Gasteiger partial charge in [-0.1, -0.05) is 29.8 Å². The number of hydrogen-bond donors (Lipinski definition) is 1. The normalized spacial score (nSPS) is 10.8. The maximum Gasteiger partial charge on any atom is 0.256 e. The fraction of sp³-hybridized carbons (Fsp3) is 0.0500. The number of aromatic nitrogens is 3. The van der Waals surface area contributed by atoms with Gasteiger partial charge in [0.15, 0.2) is 5.82 Å². The van der Waals surface area contributed by atoms with Gasteiger partial charge in [-0.05, 0) is 37.3 Å². The number of amides is 1. The van der Waals surface area contributed by atoms with E-state index in [0.717, 1.165) is 16.8 Å². The van der Waals surface area contributed by atoms with Crippen molar-refractivity contribution in [3.05, 3.63) is 83.9 Å². The molecule has 0 unspecified atom stereocenters. The molecular formula is C20H15FN4O. The van der Waals surface area contributed by atoms with E-state index in [9.17, 15) is 9.18 Å². The average molecular weight is 346 g/mol. The Morgan fingerprint density at radius 1 is 1.08 bits per heavy atom. The third-order valence-electron chi connectivity index (χ3n) is 4.07. The molecule has 0 saturated heterocycles. The molecule has 1 amide bonds. The minimum atomic E-state index is -0.390. The van der Waals surface area contributed by atoms with Crippen LogP contribution in [0.5, 0.6) is 0 Å². The average Bonchev–Trinajstić information content (AvgIpc) is 3.01. The number of carbonyl (C=O) groups excluding carboxylic acids is 1. The number of anilines is 1. The Bertz CT molecular complexity index is 1090. The van der Waals surface area contributed by atoms with Gasteiger partial charge in [0.2, 0.25) is 5.78 Å². The molecule has 5 nitrogen and oxygen atoms in total. The van der Waals surface area contributed by atoms with Gasteiger partial charge in [0.25, 0.3) is 5.91 Å². The lowest BCUT2D eigenvalue weighted by Gasteiger charge is -2.07. The molecule has 0 saturated carbocycles. The van der Waals surface area contributed by atoms with Crippen LogP contribution in [0.25, 0.3) is 17.0 Å². The SMILES string of the molecule is Cc1ccc(-c2c(NC(=O)c3ccc(F)cc3)nc3ncccn23)cc1. The highest BCUT2D eigenvalue weighted by atomic mass is 19.1. The summed E-state index contributed by atoms with van der Waals surface area (Å²) < 4.78 is 14.9. The third kappa shape index (κ3) is 2.93. The number of fused-ring (bicyclic) bond motifs is 1. The number of halogens is 1. The highest BCUT2D eigenvalue weighted by Crippen LogP contribution is 2.29. The summed E-state index contributed by atoms with van der Waals surface area (Å²) in [6, 6.07) is 15.1. The van der Waals surface area contributed by atoms with Crippen molar-refractivity contribution >= 4 is 17.5 Å². The topological polar surface area (TPSA) is 59.3 Å². The predicted octanol–water partition coefficient (Wildman–Crippen LogP) is 4.10. The molecule has 0 atom stereocenters. The summed E-state index contributed by atoms with van der Waals surface area (Å²) in [4.78, 5) is 21.2. The van der Waals surface area contributed by atoms with Crippen molar-refractivity contribution in [2.45, 2.75) is 6.92 Å². The molecule has 1 N–H and O–H groups in total. The minimum Gasteiger partial charge on any atom is -0.305 e. The lowest BCUT2D eigenvalue weighted by Crippen LogP contribution is -2.13. The van der Waals surface area contributed by atoms with Crippen molar-refractivity contribution in [1.29, 1.82) is 0 Å². The van der Waals surface area contributed by atoms with Gasteiger partial charge in [-0.25, -0.2) is 9.37 Å². The van der Waals surface area contributed by atoms with Crippen molar-refractivity contribution in [2.75, 3.05) is 5.32 Å². The van der Waals surface area contributed by atoms with E-state index in [0.29, 0.717) is 17.2 Å². The predicted molar refractivity (Wildman–Crippen MR) is 97.5 cm³/mol. The van der Waals surface area contributed by atoms with Crippen LogP contribution in [-0.2, 0) is 0 Å². The van der Waals surface area contributed by atoms with Gasteiger partial charge >= 0.3 is 0 Å². The maximum absolute atomic E-state index is 13.1. The molecule has 2 aromatic heterocycles. The molecule has 0 radical (unpaired) electrons. The highest BCUT2D eigenvalue weighted by Gasteiger charge is 2.17. The zero-order valence-electron chi connectivity index (χ0n) is 14.0. The smallest absolute Gasteiger partial charge is 0.256 e. The first kappa shape index (κ1) is 16.0. The molecule has 0 aliphatic heterocycles. The standard InChI is InChI=1S/C20H15FN4O/c1-13-3-5-14(6-4-13)17-18(24-20-22-11-2-12-25(17)20)23-19(26)15-7-9-16(21)10-8-15/h2-12H,1H3,(H,23,26). The van der Waals surface area contributed by atoms with Gasteiger partial charge in [-0.2, -0.15) is 4.98 Å². The molecule has 0 spiro atoms. The Kier molecular flexibility index (Phi) is 3.93. The van der Waals surface area contributed by atoms with Crippen LogP contribution in [0.2, 0.25) is 0 Å². The van der Waals surface area contributed by atoms with Crippen LogP contribution in [0, 0.1) is 12.7 Å². The summed E-state index contributed by atoms with van der Waals surface area (Å²) in [7, 11) is 0. The molecule has 4 aromatic rings. The van der Waals surface area contributed by atoms with Gasteiger partial charge in [-0.15, -0.1) is 0 Å². The van der Waals surface area contributed by atoms with Crippen LogP contribution in [0.3, 0.4) is 0 Å². The van der Waals surface area contributed by atoms with Crippen LogP contribution < -0.4 is 5.32 Å². The fourth-order valence-corrected chi connectivity index (χ4v) is 2.74. The minimum absolute atomic E-state index is 0.353. The summed E-state index contributed by atoms with van der Waals surface area (Å²) in [6.45, 7) is 2.01. The van der Waals surface area contributed by atoms with Crippen molar-refractivity contribution in [2.24, 2.45) is 0 Å². The molecule has 4 rings (SSSR count). The summed E-state index contributed by atoms with van der Waals surface area (Å²) in [5.41, 5.74) is 3.14. The van der Waals surface area contributed by atoms with E-state index in [4.69, 9.17) is 0 Å². The molecule has 6 heteroatoms. The molecule has 0 fully saturated rings. The third-order valence-corrected chi connectivity index (χ3v) is 4.07. The van der Waals surface area contributed by atoms with E-state index in [1.807, 2.05) is 41.8 Å². The lowest BCUT2D eigenvalue weighted by molar-refractivity contribution is 0.102. The maximum atomic E-state index is 13.1. The molecule has 0 aliphatic carbocycles. The molecule has 2 aromatic carbocycles. The summed E-state index contributed by atoms with van der Waals surface area (Å²) in [5, 5.41) is 2.82. The van der Waals surface area contributed by atoms with Crippen LogP contribution in [0.1, 0.15) is 15.9 Å². The number of hydrogen-bond acceptors (Lipinski definition) is 3. The number of nitrogens with one attached hydrogen (secondary N) is 1. The number of imidazole rings is 1. The van der Waals surface area contributed by atoms with E-state index >= 15 is 0 Å². The van der Waals surface area contributed by atoms with Gasteiger partial charge < -0.3 is 5.32 Å². The number of rotatable bonds is 3. The second-order valence-electron chi connectivity index (χ2n) is 5.93. The van der Waals surface area contributed by atoms with Crippen molar-refractivity contribution in [1.82, 2.24) is 14.4 Å². The monoisotopic (exact) mass is 346 g/mol. The Morgan fingerprint density at radius 2 is 1.81 bits per heavy atom. The van der Waals surface area contributed by atoms with Gasteiger partial charge in [0, 0.05) is 23.5 Å². The first-order valence-electron chi connectivity index (χ1n) is 8.09. The van der Waals surface area contributed by atoms with E-state index < -0.39 is 0 Å². The van der Waals surface area contributed by atoms with Crippen LogP contribution in [0.4, 0.5) is 10.2 Å². The lowest BCUT2D eigenvalue weighted by atomic mass is 10.1. The summed E-state index contributed by atoms with van der Waals surface area (Å²) in [5.74, 6) is 0.139. The highest BCUT2D eigenvalue weighted by molar-refractivity contribution is 6.05. The van der Waals surface area contributed by atoms with Gasteiger partial charge in [0.1, 0.15) is 5.82 Å². The molecule has 128 valence electrons. The Morgan fingerprint density at radius 3 is 2.54 bits per heavy atom. The van der Waals surface area contributed by atoms with Gasteiger partial charge in [-0.3, -0.25) is 9.20 Å². The number of benzene rings is 2. The van der Waals surface area contributed by atoms with Crippen LogP contribution >= 0.6 is 0 Å². The summed E-state index contributed by atoms with van der Waals surface area (Å²) >= 11 is 0. The van der Waals surface area contributed by atoms with Crippen LogP contribution in [-0.4, -0.2) is 20.3 Å². The Hall–Kier alpha value is -3.54. The second kappa shape index (κ2) is 6.40. The van der Waals surface area contributed by atoms with E-state index in [2.05, 4.69) is 15.3 Å². The number of carbonyl (C=O) groups is 1. The molecule has 0 bridgehead atoms. The van der Waals surface area contributed by atoms with Crippen LogP contribution in [0.15, 0.2) is 67.0 Å². The molecular weight excluding hydrogens is 331 g/mol. The van der Waals surface area contributed by atoms with E-state index in [-0.39, 0.29) is 11.7 Å². The molecule has 0 aliphatic rings. The Labute approximate surface area is 149 Å². The largest absolute Gasteiger partial charge is 0.305 e. The van der Waals surface area contributed by atoms with E-state index in [1.54, 1.807) is 12.3 Å². The molecule has 2 heterocycles. The first-order chi connectivity index (χ1) is 12.6. The fourth-order valence-electron chi connectivity index (χ4n) is 2.74. The van der Waals surface area contributed by atoms with Crippen molar-refractivity contribution < 1.29 is 9.18 Å². The zero-order valence-corrected chi connectivity index (χ0v) is 14.0. The Balaban J connectivity index is 1.79. The second-order valence-corrected chi connectivity index (χ2v) is 5.93. The zero-order chi connectivity index (χ0) is 18.1. The van der Waals surface area contributed by atoms with Crippen molar-refractivity contribution in [3.63, 3.8) is 0 Å². The quantitative estimate of drug-likeness (QED) is 0.608. The first-order valence-corrected chi connectivity index (χ1v) is 8.09. The number of nitrogens with zero attached hydrogens (tertiary/aromatic N) is 3. The van der Waals surface area contributed by atoms with E-state index in [1.165, 1.54) is 24.3 Å². The number of aryl methyl sites for hydroxylation is 1. The molecule has 26 heavy (non-hydrogen) atoms.